The number of hydrogen-bond donors (Lipinski definition) is 3. The van der Waals surface area contributed by atoms with Gasteiger partial charge in [-0.1, -0.05) is 48.5 Å². The fourth-order valence-corrected chi connectivity index (χ4v) is 3.92. The third-order valence-electron chi connectivity index (χ3n) is 5.54. The molecule has 0 aliphatic rings. The quantitative estimate of drug-likeness (QED) is 0.423. The smallest absolute Gasteiger partial charge is 0.155 e. The first-order valence-electron chi connectivity index (χ1n) is 9.93. The largest absolute Gasteiger partial charge is 0.386 e. The topological polar surface area (TPSA) is 92.2 Å². The van der Waals surface area contributed by atoms with E-state index in [2.05, 4.69) is 9.38 Å². The Morgan fingerprint density at radius 3 is 2.53 bits per heavy atom. The van der Waals surface area contributed by atoms with Gasteiger partial charge >= 0.3 is 0 Å². The molecule has 0 radical (unpaired) electrons. The van der Waals surface area contributed by atoms with Gasteiger partial charge < -0.3 is 15.8 Å². The first kappa shape index (κ1) is 18.5. The number of nitrogens with one attached hydrogen (secondary N) is 1. The standard InChI is InChI=1S/C24H23N5O/c1-24(2,30)17-9-7-15(8-10-17)20-22-21(18-6-4-3-5-16(18)13-25)28-23-19(11-12-26-23)29(22)14-27-20/h3-12,14,26,30H,13,25H2,1-2H3. The third kappa shape index (κ3) is 2.89. The minimum atomic E-state index is -0.890. The molecule has 0 fully saturated rings. The highest BCUT2D eigenvalue weighted by Gasteiger charge is 2.20. The number of imidazole rings is 1. The highest BCUT2D eigenvalue weighted by Crippen LogP contribution is 2.35. The maximum atomic E-state index is 10.3. The van der Waals surface area contributed by atoms with Crippen molar-refractivity contribution < 1.29 is 5.11 Å². The normalized spacial score (nSPS) is 12.1. The van der Waals surface area contributed by atoms with Gasteiger partial charge in [-0.25, -0.2) is 9.97 Å². The molecule has 3 heterocycles. The maximum absolute atomic E-state index is 10.3. The molecule has 6 nitrogen and oxygen atoms in total. The molecule has 0 saturated carbocycles. The Kier molecular flexibility index (Phi) is 4.20. The molecule has 0 saturated heterocycles. The predicted octanol–water partition coefficient (Wildman–Crippen LogP) is 4.23. The number of nitrogens with zero attached hydrogens (tertiary/aromatic N) is 3. The van der Waals surface area contributed by atoms with E-state index >= 15 is 0 Å². The summed E-state index contributed by atoms with van der Waals surface area (Å²) in [5, 5.41) is 10.3. The van der Waals surface area contributed by atoms with E-state index in [-0.39, 0.29) is 0 Å². The van der Waals surface area contributed by atoms with Crippen molar-refractivity contribution in [2.75, 3.05) is 0 Å². The lowest BCUT2D eigenvalue weighted by Crippen LogP contribution is -2.14. The van der Waals surface area contributed by atoms with Gasteiger partial charge in [-0.2, -0.15) is 0 Å². The first-order valence-corrected chi connectivity index (χ1v) is 9.93. The van der Waals surface area contributed by atoms with Gasteiger partial charge in [0.05, 0.1) is 22.5 Å². The van der Waals surface area contributed by atoms with Crippen LogP contribution < -0.4 is 5.73 Å². The fraction of sp³-hybridized carbons (Fsp3) is 0.167. The van der Waals surface area contributed by atoms with Crippen LogP contribution in [0.5, 0.6) is 0 Å². The second kappa shape index (κ2) is 6.79. The zero-order valence-corrected chi connectivity index (χ0v) is 16.9. The predicted molar refractivity (Wildman–Crippen MR) is 119 cm³/mol. The van der Waals surface area contributed by atoms with Gasteiger partial charge in [0.1, 0.15) is 11.8 Å². The minimum absolute atomic E-state index is 0.427. The summed E-state index contributed by atoms with van der Waals surface area (Å²) in [6.07, 6.45) is 3.72. The Labute approximate surface area is 174 Å². The molecule has 5 aromatic rings. The van der Waals surface area contributed by atoms with Gasteiger partial charge in [-0.3, -0.25) is 4.40 Å². The van der Waals surface area contributed by atoms with Crippen LogP contribution in [-0.2, 0) is 12.1 Å². The molecule has 6 heteroatoms. The average molecular weight is 397 g/mol. The summed E-state index contributed by atoms with van der Waals surface area (Å²) >= 11 is 0. The average Bonchev–Trinajstić information content (AvgIpc) is 3.39. The molecule has 5 rings (SSSR count). The first-order chi connectivity index (χ1) is 14.5. The third-order valence-corrected chi connectivity index (χ3v) is 5.54. The molecule has 0 amide bonds. The van der Waals surface area contributed by atoms with Crippen LogP contribution in [0.15, 0.2) is 67.1 Å². The van der Waals surface area contributed by atoms with Crippen molar-refractivity contribution in [3.8, 4) is 22.5 Å². The SMILES string of the molecule is CC(C)(O)c1ccc(-c2ncn3c2c(-c2ccccc2CN)nc2[nH]ccc23)cc1. The molecule has 150 valence electrons. The second-order valence-electron chi connectivity index (χ2n) is 7.98. The van der Waals surface area contributed by atoms with Crippen LogP contribution in [0.1, 0.15) is 25.0 Å². The maximum Gasteiger partial charge on any atom is 0.155 e. The van der Waals surface area contributed by atoms with E-state index in [1.807, 2.05) is 67.1 Å². The lowest BCUT2D eigenvalue weighted by Gasteiger charge is -2.17. The van der Waals surface area contributed by atoms with Crippen molar-refractivity contribution in [1.29, 1.82) is 0 Å². The van der Waals surface area contributed by atoms with E-state index in [1.54, 1.807) is 13.8 Å². The molecule has 0 aliphatic heterocycles. The molecule has 3 aromatic heterocycles. The Balaban J connectivity index is 1.81. The molecule has 4 N–H and O–H groups in total. The number of aromatic nitrogens is 4. The molecular weight excluding hydrogens is 374 g/mol. The van der Waals surface area contributed by atoms with Crippen molar-refractivity contribution >= 4 is 16.7 Å². The van der Waals surface area contributed by atoms with Gasteiger partial charge in [0, 0.05) is 23.9 Å². The Morgan fingerprint density at radius 1 is 1.03 bits per heavy atom. The molecule has 2 aromatic carbocycles. The Morgan fingerprint density at radius 2 is 1.80 bits per heavy atom. The molecule has 0 bridgehead atoms. The van der Waals surface area contributed by atoms with E-state index in [9.17, 15) is 5.11 Å². The lowest BCUT2D eigenvalue weighted by atomic mass is 9.96. The summed E-state index contributed by atoms with van der Waals surface area (Å²) in [6.45, 7) is 3.99. The van der Waals surface area contributed by atoms with Crippen LogP contribution in [0.25, 0.3) is 39.2 Å². The molecule has 0 unspecified atom stereocenters. The number of nitrogens with two attached hydrogens (primary N) is 1. The van der Waals surface area contributed by atoms with Crippen LogP contribution >= 0.6 is 0 Å². The number of H-pyrrole nitrogens is 1. The van der Waals surface area contributed by atoms with E-state index in [1.165, 1.54) is 0 Å². The van der Waals surface area contributed by atoms with Gasteiger partial charge in [0.25, 0.3) is 0 Å². The summed E-state index contributed by atoms with van der Waals surface area (Å²) in [5.41, 5.74) is 13.4. The van der Waals surface area contributed by atoms with E-state index < -0.39 is 5.60 Å². The summed E-state index contributed by atoms with van der Waals surface area (Å²) < 4.78 is 2.07. The number of fused-ring (bicyclic) bond motifs is 3. The summed E-state index contributed by atoms with van der Waals surface area (Å²) in [5.74, 6) is 0. The summed E-state index contributed by atoms with van der Waals surface area (Å²) in [4.78, 5) is 12.9. The highest BCUT2D eigenvalue weighted by atomic mass is 16.3. The van der Waals surface area contributed by atoms with Crippen LogP contribution in [0, 0.1) is 0 Å². The van der Waals surface area contributed by atoms with Crippen LogP contribution in [-0.4, -0.2) is 24.5 Å². The number of rotatable bonds is 4. The number of hydrogen-bond acceptors (Lipinski definition) is 4. The van der Waals surface area contributed by atoms with E-state index in [0.29, 0.717) is 6.54 Å². The van der Waals surface area contributed by atoms with Crippen molar-refractivity contribution in [1.82, 2.24) is 19.4 Å². The molecule has 0 atom stereocenters. The van der Waals surface area contributed by atoms with Crippen molar-refractivity contribution in [2.45, 2.75) is 26.0 Å². The van der Waals surface area contributed by atoms with Gasteiger partial charge in [-0.15, -0.1) is 0 Å². The minimum Gasteiger partial charge on any atom is -0.386 e. The van der Waals surface area contributed by atoms with Crippen molar-refractivity contribution in [2.24, 2.45) is 5.73 Å². The number of aliphatic hydroxyl groups is 1. The zero-order valence-electron chi connectivity index (χ0n) is 16.9. The van der Waals surface area contributed by atoms with E-state index in [0.717, 1.165) is 50.3 Å². The Hall–Kier alpha value is -3.48. The van der Waals surface area contributed by atoms with Gasteiger partial charge in [0.2, 0.25) is 0 Å². The summed E-state index contributed by atoms with van der Waals surface area (Å²) in [6, 6.07) is 17.9. The summed E-state index contributed by atoms with van der Waals surface area (Å²) in [7, 11) is 0. The zero-order chi connectivity index (χ0) is 20.9. The van der Waals surface area contributed by atoms with Crippen LogP contribution in [0.3, 0.4) is 0 Å². The Bertz CT molecular complexity index is 1360. The van der Waals surface area contributed by atoms with Crippen molar-refractivity contribution in [3.63, 3.8) is 0 Å². The monoisotopic (exact) mass is 397 g/mol. The number of benzene rings is 2. The fourth-order valence-electron chi connectivity index (χ4n) is 3.92. The lowest BCUT2D eigenvalue weighted by molar-refractivity contribution is 0.0786. The highest BCUT2D eigenvalue weighted by molar-refractivity contribution is 5.94. The van der Waals surface area contributed by atoms with Gasteiger partial charge in [-0.05, 0) is 31.0 Å². The molecule has 0 aliphatic carbocycles. The van der Waals surface area contributed by atoms with E-state index in [4.69, 9.17) is 15.7 Å². The van der Waals surface area contributed by atoms with Gasteiger partial charge in [0.15, 0.2) is 5.65 Å². The van der Waals surface area contributed by atoms with Crippen molar-refractivity contribution in [3.05, 3.63) is 78.2 Å². The second-order valence-corrected chi connectivity index (χ2v) is 7.98. The molecular formula is C24H23N5O. The van der Waals surface area contributed by atoms with Crippen LogP contribution in [0.4, 0.5) is 0 Å². The molecule has 0 spiro atoms. The molecule has 30 heavy (non-hydrogen) atoms. The number of aromatic amines is 1. The van der Waals surface area contributed by atoms with Crippen LogP contribution in [0.2, 0.25) is 0 Å².